The van der Waals surface area contributed by atoms with Crippen molar-refractivity contribution in [2.24, 2.45) is 0 Å². The highest BCUT2D eigenvalue weighted by atomic mass is 19.1. The van der Waals surface area contributed by atoms with Crippen LogP contribution < -0.4 is 4.90 Å². The van der Waals surface area contributed by atoms with Crippen LogP contribution in [0.3, 0.4) is 0 Å². The van der Waals surface area contributed by atoms with Gasteiger partial charge >= 0.3 is 0 Å². The van der Waals surface area contributed by atoms with Gasteiger partial charge in [-0.15, -0.1) is 0 Å². The van der Waals surface area contributed by atoms with Crippen molar-refractivity contribution in [2.45, 2.75) is 25.3 Å². The Morgan fingerprint density at radius 3 is 2.84 bits per heavy atom. The second-order valence-electron chi connectivity index (χ2n) is 7.87. The number of benzene rings is 1. The minimum atomic E-state index is -0.536. The molecule has 162 valence electrons. The minimum Gasteiger partial charge on any atom is -0.347 e. The van der Waals surface area contributed by atoms with Crippen LogP contribution in [0, 0.1) is 11.6 Å². The number of carbonyl (C=O) groups excluding carboxylic acids is 1. The van der Waals surface area contributed by atoms with Gasteiger partial charge in [-0.25, -0.2) is 18.7 Å². The van der Waals surface area contributed by atoms with E-state index in [1.165, 1.54) is 0 Å². The van der Waals surface area contributed by atoms with Gasteiger partial charge in [-0.1, -0.05) is 0 Å². The highest BCUT2D eigenvalue weighted by molar-refractivity contribution is 5.76. The number of piperidine rings is 1. The molecular formula is C22H24F2N6O. The maximum Gasteiger partial charge on any atom is 0.244 e. The van der Waals surface area contributed by atoms with E-state index in [0.717, 1.165) is 31.0 Å². The van der Waals surface area contributed by atoms with Crippen molar-refractivity contribution in [3.8, 4) is 11.1 Å². The predicted octanol–water partition coefficient (Wildman–Crippen LogP) is 3.09. The van der Waals surface area contributed by atoms with Crippen LogP contribution in [0.5, 0.6) is 0 Å². The van der Waals surface area contributed by atoms with Crippen molar-refractivity contribution < 1.29 is 13.6 Å². The van der Waals surface area contributed by atoms with Crippen LogP contribution in [-0.2, 0) is 11.3 Å². The van der Waals surface area contributed by atoms with E-state index in [9.17, 15) is 13.6 Å². The lowest BCUT2D eigenvalue weighted by atomic mass is 9.89. The van der Waals surface area contributed by atoms with E-state index < -0.39 is 11.6 Å². The van der Waals surface area contributed by atoms with Gasteiger partial charge in [0.25, 0.3) is 0 Å². The number of nitrogens with zero attached hydrogens (tertiary/aromatic N) is 6. The average Bonchev–Trinajstić information content (AvgIpc) is 3.28. The standard InChI is InChI=1S/C22H24F2N6O/c1-28(2)22-25-12-18(17-11-16(23)6-7-19(17)24)21(27-22)15-5-3-9-29(13-15)20(31)14-30-10-4-8-26-30/h4,6-8,10-12,15H,3,5,9,13-14H2,1-2H3/t15-/m0/s1. The van der Waals surface area contributed by atoms with Gasteiger partial charge in [0.1, 0.15) is 18.2 Å². The zero-order valence-corrected chi connectivity index (χ0v) is 17.5. The number of anilines is 1. The third kappa shape index (κ3) is 4.55. The summed E-state index contributed by atoms with van der Waals surface area (Å²) < 4.78 is 30.0. The molecule has 1 aliphatic heterocycles. The highest BCUT2D eigenvalue weighted by Gasteiger charge is 2.29. The molecule has 9 heteroatoms. The number of aromatic nitrogens is 4. The Morgan fingerprint density at radius 1 is 1.26 bits per heavy atom. The molecule has 31 heavy (non-hydrogen) atoms. The zero-order chi connectivity index (χ0) is 22.0. The predicted molar refractivity (Wildman–Crippen MR) is 112 cm³/mol. The summed E-state index contributed by atoms with van der Waals surface area (Å²) in [7, 11) is 3.64. The number of amides is 1. The molecular weight excluding hydrogens is 402 g/mol. The fraction of sp³-hybridized carbons (Fsp3) is 0.364. The first-order chi connectivity index (χ1) is 14.9. The summed E-state index contributed by atoms with van der Waals surface area (Å²) >= 11 is 0. The SMILES string of the molecule is CN(C)c1ncc(-c2cc(F)ccc2F)c([C@H]2CCCN(C(=O)Cn3cccn3)C2)n1. The maximum atomic E-state index is 14.6. The average molecular weight is 426 g/mol. The molecule has 0 aliphatic carbocycles. The lowest BCUT2D eigenvalue weighted by Crippen LogP contribution is -2.41. The lowest BCUT2D eigenvalue weighted by molar-refractivity contribution is -0.133. The van der Waals surface area contributed by atoms with Crippen molar-refractivity contribution in [1.29, 1.82) is 0 Å². The van der Waals surface area contributed by atoms with E-state index in [4.69, 9.17) is 0 Å². The van der Waals surface area contributed by atoms with Crippen molar-refractivity contribution >= 4 is 11.9 Å². The van der Waals surface area contributed by atoms with Gasteiger partial charge < -0.3 is 9.80 Å². The first-order valence-electron chi connectivity index (χ1n) is 10.2. The van der Waals surface area contributed by atoms with Crippen molar-refractivity contribution in [3.63, 3.8) is 0 Å². The molecule has 1 aromatic carbocycles. The number of hydrogen-bond acceptors (Lipinski definition) is 5. The molecule has 0 saturated carbocycles. The Morgan fingerprint density at radius 2 is 2.10 bits per heavy atom. The van der Waals surface area contributed by atoms with Crippen molar-refractivity contribution in [1.82, 2.24) is 24.6 Å². The monoisotopic (exact) mass is 426 g/mol. The van der Waals surface area contributed by atoms with Gasteiger partial charge in [-0.3, -0.25) is 9.48 Å². The van der Waals surface area contributed by atoms with E-state index in [-0.39, 0.29) is 23.9 Å². The van der Waals surface area contributed by atoms with Crippen LogP contribution in [0.15, 0.2) is 42.9 Å². The summed E-state index contributed by atoms with van der Waals surface area (Å²) in [6.07, 6.45) is 6.51. The Kier molecular flexibility index (Phi) is 5.92. The van der Waals surface area contributed by atoms with Gasteiger partial charge in [-0.2, -0.15) is 5.10 Å². The van der Waals surface area contributed by atoms with Gasteiger partial charge in [-0.05, 0) is 37.1 Å². The number of carbonyl (C=O) groups is 1. The van der Waals surface area contributed by atoms with E-state index in [2.05, 4.69) is 15.1 Å². The van der Waals surface area contributed by atoms with Crippen molar-refractivity contribution in [3.05, 3.63) is 60.2 Å². The largest absolute Gasteiger partial charge is 0.347 e. The van der Waals surface area contributed by atoms with E-state index in [0.29, 0.717) is 30.3 Å². The van der Waals surface area contributed by atoms with E-state index in [1.54, 1.807) is 39.1 Å². The lowest BCUT2D eigenvalue weighted by Gasteiger charge is -2.33. The maximum absolute atomic E-state index is 14.6. The molecule has 0 spiro atoms. The molecule has 2 aromatic heterocycles. The van der Waals surface area contributed by atoms with Crippen LogP contribution in [0.4, 0.5) is 14.7 Å². The van der Waals surface area contributed by atoms with Crippen LogP contribution in [0.2, 0.25) is 0 Å². The fourth-order valence-corrected chi connectivity index (χ4v) is 3.88. The van der Waals surface area contributed by atoms with Crippen LogP contribution in [0.1, 0.15) is 24.5 Å². The zero-order valence-electron chi connectivity index (χ0n) is 17.5. The Hall–Kier alpha value is -3.36. The van der Waals surface area contributed by atoms with Crippen LogP contribution in [0.25, 0.3) is 11.1 Å². The third-order valence-corrected chi connectivity index (χ3v) is 5.44. The first-order valence-corrected chi connectivity index (χ1v) is 10.2. The van der Waals surface area contributed by atoms with Crippen molar-refractivity contribution in [2.75, 3.05) is 32.1 Å². The number of hydrogen-bond donors (Lipinski definition) is 0. The topological polar surface area (TPSA) is 67.2 Å². The van der Waals surface area contributed by atoms with Crippen LogP contribution in [-0.4, -0.2) is 57.7 Å². The molecule has 7 nitrogen and oxygen atoms in total. The van der Waals surface area contributed by atoms with Gasteiger partial charge in [0.2, 0.25) is 11.9 Å². The fourth-order valence-electron chi connectivity index (χ4n) is 3.88. The number of rotatable bonds is 5. The molecule has 0 radical (unpaired) electrons. The molecule has 4 rings (SSSR count). The quantitative estimate of drug-likeness (QED) is 0.627. The highest BCUT2D eigenvalue weighted by Crippen LogP contribution is 2.35. The summed E-state index contributed by atoms with van der Waals surface area (Å²) in [6, 6.07) is 5.13. The summed E-state index contributed by atoms with van der Waals surface area (Å²) in [5, 5.41) is 4.10. The minimum absolute atomic E-state index is 0.0335. The normalized spacial score (nSPS) is 16.4. The molecule has 0 N–H and O–H groups in total. The Bertz CT molecular complexity index is 1070. The second kappa shape index (κ2) is 8.79. The molecule has 1 saturated heterocycles. The molecule has 3 heterocycles. The molecule has 0 bridgehead atoms. The molecule has 1 fully saturated rings. The van der Waals surface area contributed by atoms with Crippen LogP contribution >= 0.6 is 0 Å². The smallest absolute Gasteiger partial charge is 0.244 e. The molecule has 1 aliphatic rings. The van der Waals surface area contributed by atoms with E-state index in [1.807, 2.05) is 14.1 Å². The molecule has 1 amide bonds. The molecule has 0 unspecified atom stereocenters. The second-order valence-corrected chi connectivity index (χ2v) is 7.87. The van der Waals surface area contributed by atoms with Gasteiger partial charge in [0.05, 0.1) is 5.69 Å². The van der Waals surface area contributed by atoms with Gasteiger partial charge in [0.15, 0.2) is 0 Å². The third-order valence-electron chi connectivity index (χ3n) is 5.44. The summed E-state index contributed by atoms with van der Waals surface area (Å²) in [6.45, 7) is 1.26. The summed E-state index contributed by atoms with van der Waals surface area (Å²) in [5.74, 6) is -0.732. The number of halogens is 2. The Balaban J connectivity index is 1.67. The summed E-state index contributed by atoms with van der Waals surface area (Å²) in [5.41, 5.74) is 1.20. The van der Waals surface area contributed by atoms with Gasteiger partial charge in [0, 0.05) is 62.8 Å². The summed E-state index contributed by atoms with van der Waals surface area (Å²) in [4.78, 5) is 25.3. The molecule has 1 atom stereocenters. The Labute approximate surface area is 179 Å². The number of likely N-dealkylation sites (tertiary alicyclic amines) is 1. The first kappa shape index (κ1) is 20.9. The van der Waals surface area contributed by atoms with E-state index >= 15 is 0 Å². The molecule has 3 aromatic rings.